The van der Waals surface area contributed by atoms with Gasteiger partial charge in [0.2, 0.25) is 17.7 Å². The Labute approximate surface area is 234 Å². The number of hydrogen-bond acceptors (Lipinski definition) is 6. The molecule has 5 N–H and O–H groups in total. The van der Waals surface area contributed by atoms with Crippen LogP contribution in [0.4, 0.5) is 5.69 Å². The Hall–Kier alpha value is -2.94. The first-order valence-electron chi connectivity index (χ1n) is 14.5. The van der Waals surface area contributed by atoms with Crippen LogP contribution in [-0.2, 0) is 30.3 Å². The Morgan fingerprint density at radius 2 is 1.44 bits per heavy atom. The molecule has 1 rings (SSSR count). The smallest absolute Gasteiger partial charge is 0.243 e. The molecule has 0 aliphatic rings. The fourth-order valence-electron chi connectivity index (χ4n) is 4.17. The van der Waals surface area contributed by atoms with Gasteiger partial charge in [0.1, 0.15) is 18.7 Å². The fraction of sp³-hybridized carbons (Fsp3) is 0.667. The highest BCUT2D eigenvalue weighted by molar-refractivity contribution is 5.95. The van der Waals surface area contributed by atoms with Crippen LogP contribution in [0.1, 0.15) is 91.5 Å². The van der Waals surface area contributed by atoms with Gasteiger partial charge >= 0.3 is 0 Å². The molecule has 0 bridgehead atoms. The lowest BCUT2D eigenvalue weighted by Gasteiger charge is -2.26. The normalized spacial score (nSPS) is 13.4. The molecule has 0 unspecified atom stereocenters. The van der Waals surface area contributed by atoms with Crippen molar-refractivity contribution in [3.63, 3.8) is 0 Å². The number of carbonyl (C=O) groups excluding carboxylic acids is 4. The molecular formula is C30H50N4O5. The van der Waals surface area contributed by atoms with E-state index in [0.717, 1.165) is 31.2 Å². The van der Waals surface area contributed by atoms with Gasteiger partial charge in [0.05, 0.1) is 6.04 Å². The first kappa shape index (κ1) is 34.1. The predicted molar refractivity (Wildman–Crippen MR) is 155 cm³/mol. The van der Waals surface area contributed by atoms with Crippen molar-refractivity contribution in [3.8, 4) is 0 Å². The van der Waals surface area contributed by atoms with Crippen LogP contribution in [0, 0.1) is 5.92 Å². The Kier molecular flexibility index (Phi) is 16.8. The predicted octanol–water partition coefficient (Wildman–Crippen LogP) is 3.69. The summed E-state index contributed by atoms with van der Waals surface area (Å²) in [5.41, 5.74) is 7.25. The van der Waals surface area contributed by atoms with Crippen LogP contribution >= 0.6 is 0 Å². The minimum Gasteiger partial charge on any atom is -0.399 e. The van der Waals surface area contributed by atoms with Crippen LogP contribution in [0.5, 0.6) is 0 Å². The number of unbranched alkanes of at least 4 members (excludes halogenated alkanes) is 3. The van der Waals surface area contributed by atoms with E-state index in [0.29, 0.717) is 38.0 Å². The summed E-state index contributed by atoms with van der Waals surface area (Å²) >= 11 is 0. The maximum atomic E-state index is 13.5. The topological polar surface area (TPSA) is 140 Å². The average molecular weight is 547 g/mol. The van der Waals surface area contributed by atoms with Crippen molar-refractivity contribution >= 4 is 29.2 Å². The van der Waals surface area contributed by atoms with Crippen molar-refractivity contribution in [1.82, 2.24) is 16.0 Å². The molecule has 1 aromatic carbocycles. The molecule has 0 fully saturated rings. The molecule has 39 heavy (non-hydrogen) atoms. The molecule has 0 heterocycles. The van der Waals surface area contributed by atoms with Gasteiger partial charge in [0.15, 0.2) is 5.78 Å². The lowest BCUT2D eigenvalue weighted by molar-refractivity contribution is -0.134. The Bertz CT molecular complexity index is 888. The van der Waals surface area contributed by atoms with E-state index in [-0.39, 0.29) is 30.6 Å². The minimum atomic E-state index is -0.856. The number of Topliss-reactive ketones (excluding diaryl/α,β-unsaturated/α-hetero) is 1. The number of anilines is 1. The van der Waals surface area contributed by atoms with E-state index in [2.05, 4.69) is 22.9 Å². The van der Waals surface area contributed by atoms with E-state index < -0.39 is 29.9 Å². The number of benzene rings is 1. The van der Waals surface area contributed by atoms with Crippen molar-refractivity contribution in [3.05, 3.63) is 29.8 Å². The second-order valence-corrected chi connectivity index (χ2v) is 10.5. The summed E-state index contributed by atoms with van der Waals surface area (Å²) in [5, 5.41) is 8.58. The third kappa shape index (κ3) is 14.1. The van der Waals surface area contributed by atoms with Crippen LogP contribution in [0.25, 0.3) is 0 Å². The number of nitrogens with two attached hydrogens (primary N) is 1. The number of ketones is 1. The second kappa shape index (κ2) is 19.2. The molecule has 220 valence electrons. The number of rotatable bonds is 20. The van der Waals surface area contributed by atoms with E-state index in [9.17, 15) is 19.2 Å². The van der Waals surface area contributed by atoms with Crippen molar-refractivity contribution in [1.29, 1.82) is 0 Å². The fourth-order valence-corrected chi connectivity index (χ4v) is 4.17. The number of hydrogen-bond donors (Lipinski definition) is 4. The van der Waals surface area contributed by atoms with E-state index in [4.69, 9.17) is 10.5 Å². The number of nitrogen functional groups attached to an aromatic ring is 1. The summed E-state index contributed by atoms with van der Waals surface area (Å²) in [6.45, 7) is 10.2. The molecule has 0 aliphatic carbocycles. The van der Waals surface area contributed by atoms with Crippen molar-refractivity contribution in [2.45, 2.75) is 111 Å². The summed E-state index contributed by atoms with van der Waals surface area (Å²) in [6.07, 6.45) is 5.69. The average Bonchev–Trinajstić information content (AvgIpc) is 2.89. The zero-order valence-corrected chi connectivity index (χ0v) is 24.5. The Balaban J connectivity index is 3.07. The summed E-state index contributed by atoms with van der Waals surface area (Å²) in [7, 11) is 0. The Morgan fingerprint density at radius 3 is 2.03 bits per heavy atom. The molecule has 9 heteroatoms. The summed E-state index contributed by atoms with van der Waals surface area (Å²) in [6, 6.07) is 4.75. The third-order valence-corrected chi connectivity index (χ3v) is 6.42. The monoisotopic (exact) mass is 546 g/mol. The highest BCUT2D eigenvalue weighted by atomic mass is 16.5. The van der Waals surface area contributed by atoms with E-state index in [1.807, 2.05) is 39.8 Å². The molecule has 3 atom stereocenters. The maximum Gasteiger partial charge on any atom is 0.243 e. The molecule has 0 radical (unpaired) electrons. The molecule has 0 aliphatic heterocycles. The van der Waals surface area contributed by atoms with Crippen LogP contribution < -0.4 is 21.7 Å². The number of amides is 3. The summed E-state index contributed by atoms with van der Waals surface area (Å²) in [5.74, 6) is -1.07. The van der Waals surface area contributed by atoms with Gasteiger partial charge in [-0.1, -0.05) is 65.5 Å². The lowest BCUT2D eigenvalue weighted by atomic mass is 9.99. The highest BCUT2D eigenvalue weighted by Gasteiger charge is 2.30. The van der Waals surface area contributed by atoms with Crippen LogP contribution in [0.3, 0.4) is 0 Å². The molecule has 3 amide bonds. The molecule has 0 saturated heterocycles. The van der Waals surface area contributed by atoms with Gasteiger partial charge in [-0.25, -0.2) is 0 Å². The van der Waals surface area contributed by atoms with Gasteiger partial charge in [-0.15, -0.1) is 0 Å². The Morgan fingerprint density at radius 1 is 0.821 bits per heavy atom. The second-order valence-electron chi connectivity index (χ2n) is 10.5. The minimum absolute atomic E-state index is 0.0755. The van der Waals surface area contributed by atoms with Gasteiger partial charge in [-0.05, 0) is 49.8 Å². The molecule has 9 nitrogen and oxygen atoms in total. The molecule has 0 spiro atoms. The van der Waals surface area contributed by atoms with Gasteiger partial charge in [0.25, 0.3) is 0 Å². The van der Waals surface area contributed by atoms with Gasteiger partial charge in [-0.2, -0.15) is 0 Å². The molecule has 0 aromatic heterocycles. The number of ether oxygens (including phenoxy) is 1. The van der Waals surface area contributed by atoms with Crippen molar-refractivity contribution in [2.75, 3.05) is 18.9 Å². The molecule has 1 aromatic rings. The SMILES string of the molecule is CCCCCC(=O)N[C@@H](Cc1ccc(N)cc1)C(=O)N[C@@H](CCCC)C(=O)N[C@@H](CC(C)C)C(=O)COCC. The third-order valence-electron chi connectivity index (χ3n) is 6.42. The maximum absolute atomic E-state index is 13.5. The van der Waals surface area contributed by atoms with Crippen LogP contribution in [0.15, 0.2) is 24.3 Å². The zero-order chi connectivity index (χ0) is 29.2. The lowest BCUT2D eigenvalue weighted by Crippen LogP contribution is -2.56. The highest BCUT2D eigenvalue weighted by Crippen LogP contribution is 2.11. The van der Waals surface area contributed by atoms with E-state index in [1.165, 1.54) is 0 Å². The number of carbonyl (C=O) groups is 4. The first-order chi connectivity index (χ1) is 18.6. The largest absolute Gasteiger partial charge is 0.399 e. The van der Waals surface area contributed by atoms with Gasteiger partial charge in [-0.3, -0.25) is 19.2 Å². The van der Waals surface area contributed by atoms with Gasteiger partial charge in [0, 0.05) is 25.1 Å². The molecular weight excluding hydrogens is 496 g/mol. The van der Waals surface area contributed by atoms with Crippen LogP contribution in [0.2, 0.25) is 0 Å². The zero-order valence-electron chi connectivity index (χ0n) is 24.5. The van der Waals surface area contributed by atoms with Crippen LogP contribution in [-0.4, -0.2) is 54.8 Å². The summed E-state index contributed by atoms with van der Waals surface area (Å²) in [4.78, 5) is 52.2. The van der Waals surface area contributed by atoms with Crippen molar-refractivity contribution in [2.24, 2.45) is 5.92 Å². The van der Waals surface area contributed by atoms with Gasteiger partial charge < -0.3 is 26.4 Å². The standard InChI is InChI=1S/C30H50N4O5/c1-6-9-11-13-28(36)32-26(19-22-14-16-23(31)17-15-22)30(38)33-24(12-10-7-2)29(37)34-25(18-21(4)5)27(35)20-39-8-3/h14-17,21,24-26H,6-13,18-20,31H2,1-5H3,(H,32,36)(H,33,38)(H,34,37)/t24-,25-,26-/m0/s1. The first-order valence-corrected chi connectivity index (χ1v) is 14.5. The van der Waals surface area contributed by atoms with E-state index >= 15 is 0 Å². The van der Waals surface area contributed by atoms with E-state index in [1.54, 1.807) is 12.1 Å². The molecule has 0 saturated carbocycles. The summed E-state index contributed by atoms with van der Waals surface area (Å²) < 4.78 is 5.28. The number of nitrogens with one attached hydrogen (secondary N) is 3. The quantitative estimate of drug-likeness (QED) is 0.145. The van der Waals surface area contributed by atoms with Crippen molar-refractivity contribution < 1.29 is 23.9 Å².